The number of aryl methyl sites for hydroxylation is 1. The quantitative estimate of drug-likeness (QED) is 0.665. The summed E-state index contributed by atoms with van der Waals surface area (Å²) in [7, 11) is 0. The molecule has 1 heterocycles. The number of carbonyl (C=O) groups excluding carboxylic acids is 1. The molecule has 1 amide bonds. The first-order chi connectivity index (χ1) is 12.8. The predicted octanol–water partition coefficient (Wildman–Crippen LogP) is 5.16. The largest absolute Gasteiger partial charge is 0.416 e. The maximum atomic E-state index is 13.2. The molecular formula is C19H15ClF3N3O. The number of amides is 1. The molecule has 0 saturated carbocycles. The Morgan fingerprint density at radius 1 is 1.15 bits per heavy atom. The highest BCUT2D eigenvalue weighted by Gasteiger charge is 2.34. The van der Waals surface area contributed by atoms with Crippen molar-refractivity contribution in [1.29, 1.82) is 0 Å². The van der Waals surface area contributed by atoms with Gasteiger partial charge in [0.25, 0.3) is 5.91 Å². The van der Waals surface area contributed by atoms with Gasteiger partial charge in [-0.25, -0.2) is 0 Å². The van der Waals surface area contributed by atoms with E-state index in [-0.39, 0.29) is 28.9 Å². The van der Waals surface area contributed by atoms with Crippen LogP contribution >= 0.6 is 11.6 Å². The second-order valence-corrected chi connectivity index (χ2v) is 6.34. The molecule has 0 saturated heterocycles. The lowest BCUT2D eigenvalue weighted by atomic mass is 10.1. The van der Waals surface area contributed by atoms with Crippen LogP contribution in [0.15, 0.2) is 54.7 Å². The summed E-state index contributed by atoms with van der Waals surface area (Å²) in [6, 6.07) is 12.2. The van der Waals surface area contributed by atoms with Crippen molar-refractivity contribution in [2.45, 2.75) is 19.6 Å². The molecule has 0 atom stereocenters. The Kier molecular flexibility index (Phi) is 5.23. The first kappa shape index (κ1) is 19.0. The van der Waals surface area contributed by atoms with Gasteiger partial charge in [-0.2, -0.15) is 18.3 Å². The fourth-order valence-electron chi connectivity index (χ4n) is 2.67. The van der Waals surface area contributed by atoms with E-state index in [1.165, 1.54) is 29.1 Å². The van der Waals surface area contributed by atoms with Crippen LogP contribution in [-0.2, 0) is 12.7 Å². The van der Waals surface area contributed by atoms with Gasteiger partial charge in [0.2, 0.25) is 0 Å². The van der Waals surface area contributed by atoms with Gasteiger partial charge in [-0.05, 0) is 30.7 Å². The summed E-state index contributed by atoms with van der Waals surface area (Å²) in [6.45, 7) is 1.64. The van der Waals surface area contributed by atoms with Gasteiger partial charge < -0.3 is 5.32 Å². The predicted molar refractivity (Wildman–Crippen MR) is 96.9 cm³/mol. The molecule has 0 bridgehead atoms. The van der Waals surface area contributed by atoms with Gasteiger partial charge in [0.05, 0.1) is 12.1 Å². The van der Waals surface area contributed by atoms with Gasteiger partial charge >= 0.3 is 6.18 Å². The van der Waals surface area contributed by atoms with Crippen LogP contribution in [0.25, 0.3) is 0 Å². The Labute approximate surface area is 158 Å². The maximum Gasteiger partial charge on any atom is 0.416 e. The van der Waals surface area contributed by atoms with E-state index in [0.29, 0.717) is 5.56 Å². The minimum Gasteiger partial charge on any atom is -0.305 e. The number of anilines is 1. The SMILES string of the molecule is Cc1ccccc1C(=O)Nc1ccn(Cc2c(Cl)cccc2C(F)(F)F)n1. The minimum absolute atomic E-state index is 0.00539. The summed E-state index contributed by atoms with van der Waals surface area (Å²) < 4.78 is 40.9. The zero-order valence-electron chi connectivity index (χ0n) is 14.2. The fourth-order valence-corrected chi connectivity index (χ4v) is 2.91. The average molecular weight is 394 g/mol. The van der Waals surface area contributed by atoms with E-state index >= 15 is 0 Å². The van der Waals surface area contributed by atoms with Crippen LogP contribution in [0, 0.1) is 6.92 Å². The standard InChI is InChI=1S/C19H15ClF3N3O/c1-12-5-2-3-6-13(12)18(27)24-17-9-10-26(25-17)11-14-15(19(21,22)23)7-4-8-16(14)20/h2-10H,11H2,1H3,(H,24,25,27). The molecule has 0 aliphatic heterocycles. The number of hydrogen-bond donors (Lipinski definition) is 1. The third-order valence-electron chi connectivity index (χ3n) is 4.02. The Bertz CT molecular complexity index is 982. The third-order valence-corrected chi connectivity index (χ3v) is 4.37. The second kappa shape index (κ2) is 7.44. The molecule has 4 nitrogen and oxygen atoms in total. The molecule has 0 aliphatic rings. The van der Waals surface area contributed by atoms with Crippen LogP contribution in [0.5, 0.6) is 0 Å². The maximum absolute atomic E-state index is 13.2. The van der Waals surface area contributed by atoms with E-state index in [2.05, 4.69) is 10.4 Å². The summed E-state index contributed by atoms with van der Waals surface area (Å²) >= 11 is 5.96. The van der Waals surface area contributed by atoms with Crippen LogP contribution in [-0.4, -0.2) is 15.7 Å². The molecule has 3 rings (SSSR count). The number of rotatable bonds is 4. The molecule has 8 heteroatoms. The highest BCUT2D eigenvalue weighted by Crippen LogP contribution is 2.35. The van der Waals surface area contributed by atoms with Crippen LogP contribution in [0.4, 0.5) is 19.0 Å². The Morgan fingerprint density at radius 3 is 2.59 bits per heavy atom. The fraction of sp³-hybridized carbons (Fsp3) is 0.158. The lowest BCUT2D eigenvalue weighted by Gasteiger charge is -2.14. The van der Waals surface area contributed by atoms with Crippen LogP contribution < -0.4 is 5.32 Å². The minimum atomic E-state index is -4.52. The molecule has 2 aromatic carbocycles. The van der Waals surface area contributed by atoms with E-state index in [4.69, 9.17) is 11.6 Å². The molecule has 0 radical (unpaired) electrons. The van der Waals surface area contributed by atoms with Gasteiger partial charge in [-0.3, -0.25) is 9.48 Å². The summed E-state index contributed by atoms with van der Waals surface area (Å²) in [5, 5.41) is 6.77. The normalized spacial score (nSPS) is 11.4. The van der Waals surface area contributed by atoms with Gasteiger partial charge in [0.15, 0.2) is 5.82 Å². The smallest absolute Gasteiger partial charge is 0.305 e. The third kappa shape index (κ3) is 4.31. The van der Waals surface area contributed by atoms with Gasteiger partial charge in [0, 0.05) is 28.4 Å². The number of aromatic nitrogens is 2. The summed E-state index contributed by atoms with van der Waals surface area (Å²) in [5.74, 6) is -0.101. The number of carbonyl (C=O) groups is 1. The van der Waals surface area contributed by atoms with E-state index in [0.717, 1.165) is 11.6 Å². The summed E-state index contributed by atoms with van der Waals surface area (Å²) in [4.78, 5) is 12.3. The number of nitrogens with one attached hydrogen (secondary N) is 1. The van der Waals surface area contributed by atoms with Crippen molar-refractivity contribution in [3.05, 3.63) is 82.0 Å². The molecule has 0 unspecified atom stereocenters. The van der Waals surface area contributed by atoms with Crippen LogP contribution in [0.2, 0.25) is 5.02 Å². The van der Waals surface area contributed by atoms with Crippen LogP contribution in [0.3, 0.4) is 0 Å². The lowest BCUT2D eigenvalue weighted by molar-refractivity contribution is -0.138. The van der Waals surface area contributed by atoms with Gasteiger partial charge in [-0.15, -0.1) is 0 Å². The van der Waals surface area contributed by atoms with Gasteiger partial charge in [0.1, 0.15) is 0 Å². The monoisotopic (exact) mass is 393 g/mol. The number of halogens is 4. The average Bonchev–Trinajstić information content (AvgIpc) is 3.03. The molecule has 140 valence electrons. The topological polar surface area (TPSA) is 46.9 Å². The number of alkyl halides is 3. The molecule has 0 aliphatic carbocycles. The lowest BCUT2D eigenvalue weighted by Crippen LogP contribution is -2.15. The summed E-state index contributed by atoms with van der Waals surface area (Å²) in [6.07, 6.45) is -3.04. The van der Waals surface area contributed by atoms with Crippen molar-refractivity contribution < 1.29 is 18.0 Å². The van der Waals surface area contributed by atoms with E-state index in [1.807, 2.05) is 19.1 Å². The molecule has 0 fully saturated rings. The molecular weight excluding hydrogens is 379 g/mol. The van der Waals surface area contributed by atoms with Crippen molar-refractivity contribution in [2.24, 2.45) is 0 Å². The Hall–Kier alpha value is -2.80. The zero-order valence-corrected chi connectivity index (χ0v) is 15.0. The van der Waals surface area contributed by atoms with E-state index in [1.54, 1.807) is 12.1 Å². The highest BCUT2D eigenvalue weighted by atomic mass is 35.5. The van der Waals surface area contributed by atoms with E-state index in [9.17, 15) is 18.0 Å². The van der Waals surface area contributed by atoms with Crippen molar-refractivity contribution in [1.82, 2.24) is 9.78 Å². The van der Waals surface area contributed by atoms with Crippen molar-refractivity contribution in [2.75, 3.05) is 5.32 Å². The molecule has 1 N–H and O–H groups in total. The summed E-state index contributed by atoms with van der Waals surface area (Å²) in [5.41, 5.74) is 0.417. The number of hydrogen-bond acceptors (Lipinski definition) is 2. The highest BCUT2D eigenvalue weighted by molar-refractivity contribution is 6.31. The first-order valence-corrected chi connectivity index (χ1v) is 8.38. The Morgan fingerprint density at radius 2 is 1.89 bits per heavy atom. The molecule has 3 aromatic rings. The molecule has 0 spiro atoms. The molecule has 1 aromatic heterocycles. The zero-order chi connectivity index (χ0) is 19.6. The Balaban J connectivity index is 1.80. The number of nitrogens with zero attached hydrogens (tertiary/aromatic N) is 2. The molecule has 27 heavy (non-hydrogen) atoms. The van der Waals surface area contributed by atoms with Crippen LogP contribution in [0.1, 0.15) is 27.0 Å². The van der Waals surface area contributed by atoms with Gasteiger partial charge in [-0.1, -0.05) is 35.9 Å². The number of benzene rings is 2. The van der Waals surface area contributed by atoms with Crippen molar-refractivity contribution in [3.8, 4) is 0 Å². The first-order valence-electron chi connectivity index (χ1n) is 8.01. The van der Waals surface area contributed by atoms with Crippen molar-refractivity contribution in [3.63, 3.8) is 0 Å². The van der Waals surface area contributed by atoms with E-state index < -0.39 is 11.7 Å². The second-order valence-electron chi connectivity index (χ2n) is 5.93. The van der Waals surface area contributed by atoms with Crippen molar-refractivity contribution >= 4 is 23.3 Å².